The second-order valence-electron chi connectivity index (χ2n) is 5.71. The molecule has 0 aromatic heterocycles. The summed E-state index contributed by atoms with van der Waals surface area (Å²) in [6, 6.07) is 0. The van der Waals surface area contributed by atoms with Crippen LogP contribution >= 0.6 is 0 Å². The number of hydrogen-bond acceptors (Lipinski definition) is 3. The number of nitrogens with one attached hydrogen (secondary N) is 1. The molecule has 0 saturated carbocycles. The van der Waals surface area contributed by atoms with Gasteiger partial charge in [-0.05, 0) is 45.1 Å². The Morgan fingerprint density at radius 2 is 1.94 bits per heavy atom. The standard InChI is InChI=1S/C13H28N2O2/c1-10(2)11(7-8-14)5-6-12(17)15-13(3,4)9-16/h10-11,16H,5-9,14H2,1-4H3,(H,15,17). The fraction of sp³-hybridized carbons (Fsp3) is 0.923. The molecule has 4 nitrogen and oxygen atoms in total. The van der Waals surface area contributed by atoms with E-state index in [0.717, 1.165) is 12.8 Å². The molecule has 0 radical (unpaired) electrons. The van der Waals surface area contributed by atoms with Crippen LogP contribution in [0, 0.1) is 11.8 Å². The van der Waals surface area contributed by atoms with Gasteiger partial charge in [-0.15, -0.1) is 0 Å². The van der Waals surface area contributed by atoms with E-state index in [4.69, 9.17) is 10.8 Å². The zero-order chi connectivity index (χ0) is 13.5. The van der Waals surface area contributed by atoms with Crippen LogP contribution in [-0.2, 0) is 4.79 Å². The molecule has 0 aliphatic rings. The molecule has 1 unspecified atom stereocenters. The highest BCUT2D eigenvalue weighted by Crippen LogP contribution is 2.20. The number of hydrogen-bond donors (Lipinski definition) is 3. The lowest BCUT2D eigenvalue weighted by molar-refractivity contribution is -0.123. The number of carbonyl (C=O) groups is 1. The largest absolute Gasteiger partial charge is 0.394 e. The summed E-state index contributed by atoms with van der Waals surface area (Å²) in [5.41, 5.74) is 5.03. The van der Waals surface area contributed by atoms with Gasteiger partial charge in [0.2, 0.25) is 5.91 Å². The lowest BCUT2D eigenvalue weighted by Crippen LogP contribution is -2.46. The Bertz CT molecular complexity index is 227. The summed E-state index contributed by atoms with van der Waals surface area (Å²) >= 11 is 0. The molecule has 4 heteroatoms. The quantitative estimate of drug-likeness (QED) is 0.602. The van der Waals surface area contributed by atoms with Gasteiger partial charge in [-0.1, -0.05) is 13.8 Å². The van der Waals surface area contributed by atoms with Gasteiger partial charge in [-0.2, -0.15) is 0 Å². The first-order chi connectivity index (χ1) is 7.82. The minimum atomic E-state index is -0.529. The van der Waals surface area contributed by atoms with Crippen molar-refractivity contribution in [2.45, 2.75) is 52.5 Å². The molecule has 17 heavy (non-hydrogen) atoms. The van der Waals surface area contributed by atoms with Gasteiger partial charge in [-0.25, -0.2) is 0 Å². The second kappa shape index (κ2) is 7.67. The van der Waals surface area contributed by atoms with Gasteiger partial charge >= 0.3 is 0 Å². The fourth-order valence-electron chi connectivity index (χ4n) is 1.82. The van der Waals surface area contributed by atoms with Crippen molar-refractivity contribution in [3.63, 3.8) is 0 Å². The maximum atomic E-state index is 11.7. The van der Waals surface area contributed by atoms with Crippen LogP contribution in [0.5, 0.6) is 0 Å². The van der Waals surface area contributed by atoms with Crippen molar-refractivity contribution in [3.8, 4) is 0 Å². The van der Waals surface area contributed by atoms with Crippen molar-refractivity contribution in [2.24, 2.45) is 17.6 Å². The molecule has 1 atom stereocenters. The molecular weight excluding hydrogens is 216 g/mol. The van der Waals surface area contributed by atoms with E-state index in [9.17, 15) is 4.79 Å². The first-order valence-corrected chi connectivity index (χ1v) is 6.44. The minimum absolute atomic E-state index is 0.00622. The molecule has 1 amide bonds. The van der Waals surface area contributed by atoms with Gasteiger partial charge in [0.1, 0.15) is 0 Å². The van der Waals surface area contributed by atoms with Crippen LogP contribution in [0.3, 0.4) is 0 Å². The summed E-state index contributed by atoms with van der Waals surface area (Å²) in [5, 5.41) is 11.9. The molecule has 0 saturated heterocycles. The Kier molecular flexibility index (Phi) is 7.39. The molecular formula is C13H28N2O2. The Balaban J connectivity index is 4.04. The lowest BCUT2D eigenvalue weighted by Gasteiger charge is -2.25. The predicted molar refractivity (Wildman–Crippen MR) is 70.5 cm³/mol. The van der Waals surface area contributed by atoms with Gasteiger partial charge in [0.25, 0.3) is 0 Å². The van der Waals surface area contributed by atoms with Crippen molar-refractivity contribution >= 4 is 5.91 Å². The number of carbonyl (C=O) groups excluding carboxylic acids is 1. The number of amides is 1. The number of nitrogens with two attached hydrogens (primary N) is 1. The van der Waals surface area contributed by atoms with Gasteiger partial charge in [-0.3, -0.25) is 4.79 Å². The van der Waals surface area contributed by atoms with Crippen LogP contribution < -0.4 is 11.1 Å². The SMILES string of the molecule is CC(C)C(CCN)CCC(=O)NC(C)(C)CO. The highest BCUT2D eigenvalue weighted by molar-refractivity contribution is 5.76. The first-order valence-electron chi connectivity index (χ1n) is 6.44. The maximum absolute atomic E-state index is 11.7. The molecule has 0 aromatic carbocycles. The van der Waals surface area contributed by atoms with E-state index in [-0.39, 0.29) is 12.5 Å². The van der Waals surface area contributed by atoms with Crippen molar-refractivity contribution < 1.29 is 9.90 Å². The third-order valence-electron chi connectivity index (χ3n) is 3.10. The Morgan fingerprint density at radius 1 is 1.35 bits per heavy atom. The molecule has 0 heterocycles. The van der Waals surface area contributed by atoms with Gasteiger partial charge in [0.05, 0.1) is 12.1 Å². The van der Waals surface area contributed by atoms with Gasteiger partial charge in [0.15, 0.2) is 0 Å². The normalized spacial score (nSPS) is 13.8. The zero-order valence-electron chi connectivity index (χ0n) is 11.6. The van der Waals surface area contributed by atoms with E-state index in [1.165, 1.54) is 0 Å². The molecule has 0 rings (SSSR count). The van der Waals surface area contributed by atoms with E-state index in [1.54, 1.807) is 0 Å². The minimum Gasteiger partial charge on any atom is -0.394 e. The van der Waals surface area contributed by atoms with E-state index in [2.05, 4.69) is 19.2 Å². The summed E-state index contributed by atoms with van der Waals surface area (Å²) in [5.74, 6) is 1.06. The van der Waals surface area contributed by atoms with Crippen molar-refractivity contribution in [1.29, 1.82) is 0 Å². The monoisotopic (exact) mass is 244 g/mol. The van der Waals surface area contributed by atoms with Crippen LogP contribution in [0.25, 0.3) is 0 Å². The van der Waals surface area contributed by atoms with Crippen molar-refractivity contribution in [3.05, 3.63) is 0 Å². The molecule has 0 aliphatic carbocycles. The Labute approximate surface area is 105 Å². The molecule has 0 bridgehead atoms. The van der Waals surface area contributed by atoms with Crippen molar-refractivity contribution in [1.82, 2.24) is 5.32 Å². The molecule has 0 aliphatic heterocycles. The van der Waals surface area contributed by atoms with E-state index >= 15 is 0 Å². The molecule has 102 valence electrons. The van der Waals surface area contributed by atoms with Crippen molar-refractivity contribution in [2.75, 3.05) is 13.2 Å². The Morgan fingerprint density at radius 3 is 2.35 bits per heavy atom. The highest BCUT2D eigenvalue weighted by Gasteiger charge is 2.20. The van der Waals surface area contributed by atoms with Crippen LogP contribution in [0.2, 0.25) is 0 Å². The average Bonchev–Trinajstić information content (AvgIpc) is 2.23. The molecule has 0 aromatic rings. The number of aliphatic hydroxyl groups excluding tert-OH is 1. The topological polar surface area (TPSA) is 75.4 Å². The molecule has 0 spiro atoms. The Hall–Kier alpha value is -0.610. The fourth-order valence-corrected chi connectivity index (χ4v) is 1.82. The van der Waals surface area contributed by atoms with Crippen LogP contribution in [-0.4, -0.2) is 29.7 Å². The summed E-state index contributed by atoms with van der Waals surface area (Å²) in [7, 11) is 0. The maximum Gasteiger partial charge on any atom is 0.220 e. The van der Waals surface area contributed by atoms with E-state index in [1.807, 2.05) is 13.8 Å². The first kappa shape index (κ1) is 16.4. The number of aliphatic hydroxyl groups is 1. The third-order valence-corrected chi connectivity index (χ3v) is 3.10. The second-order valence-corrected chi connectivity index (χ2v) is 5.71. The summed E-state index contributed by atoms with van der Waals surface area (Å²) in [6.45, 7) is 8.57. The smallest absolute Gasteiger partial charge is 0.220 e. The van der Waals surface area contributed by atoms with Crippen LogP contribution in [0.4, 0.5) is 0 Å². The zero-order valence-corrected chi connectivity index (χ0v) is 11.6. The average molecular weight is 244 g/mol. The van der Waals surface area contributed by atoms with Crippen LogP contribution in [0.15, 0.2) is 0 Å². The predicted octanol–water partition coefficient (Wildman–Crippen LogP) is 1.27. The van der Waals surface area contributed by atoms with E-state index in [0.29, 0.717) is 24.8 Å². The summed E-state index contributed by atoms with van der Waals surface area (Å²) in [6.07, 6.45) is 2.34. The van der Waals surface area contributed by atoms with E-state index < -0.39 is 5.54 Å². The number of rotatable bonds is 8. The summed E-state index contributed by atoms with van der Waals surface area (Å²) < 4.78 is 0. The lowest BCUT2D eigenvalue weighted by atomic mass is 9.88. The molecule has 4 N–H and O–H groups in total. The third kappa shape index (κ3) is 7.34. The highest BCUT2D eigenvalue weighted by atomic mass is 16.3. The van der Waals surface area contributed by atoms with Gasteiger partial charge < -0.3 is 16.2 Å². The molecule has 0 fully saturated rings. The summed E-state index contributed by atoms with van der Waals surface area (Å²) in [4.78, 5) is 11.7. The van der Waals surface area contributed by atoms with Crippen LogP contribution in [0.1, 0.15) is 47.0 Å². The van der Waals surface area contributed by atoms with Gasteiger partial charge in [0, 0.05) is 6.42 Å².